The molecule has 9 heteroatoms. The zero-order chi connectivity index (χ0) is 25.1. The van der Waals surface area contributed by atoms with Gasteiger partial charge in [0.15, 0.2) is 0 Å². The number of ether oxygens (including phenoxy) is 1. The lowest BCUT2D eigenvalue weighted by molar-refractivity contribution is -0.136. The highest BCUT2D eigenvalue weighted by Gasteiger charge is 2.43. The van der Waals surface area contributed by atoms with Crippen LogP contribution in [0, 0.1) is 18.2 Å². The Morgan fingerprint density at radius 3 is 2.57 bits per heavy atom. The van der Waals surface area contributed by atoms with Gasteiger partial charge in [0.25, 0.3) is 0 Å². The lowest BCUT2D eigenvalue weighted by Gasteiger charge is -2.42. The summed E-state index contributed by atoms with van der Waals surface area (Å²) in [5.41, 5.74) is 0.183. The van der Waals surface area contributed by atoms with E-state index in [2.05, 4.69) is 0 Å². The van der Waals surface area contributed by atoms with Crippen molar-refractivity contribution in [2.45, 2.75) is 50.3 Å². The summed E-state index contributed by atoms with van der Waals surface area (Å²) in [5, 5.41) is 0.636. The van der Waals surface area contributed by atoms with Crippen LogP contribution in [-0.2, 0) is 14.8 Å². The van der Waals surface area contributed by atoms with Crippen molar-refractivity contribution in [3.05, 3.63) is 58.9 Å². The Kier molecular flexibility index (Phi) is 8.03. The van der Waals surface area contributed by atoms with Gasteiger partial charge < -0.3 is 9.64 Å². The van der Waals surface area contributed by atoms with Gasteiger partial charge in [0.2, 0.25) is 15.9 Å². The molecule has 190 valence electrons. The number of carbonyl (C=O) groups excluding carboxylic acids is 1. The third-order valence-electron chi connectivity index (χ3n) is 6.97. The van der Waals surface area contributed by atoms with Gasteiger partial charge in [-0.25, -0.2) is 12.8 Å². The van der Waals surface area contributed by atoms with Crippen LogP contribution in [0.1, 0.15) is 44.1 Å². The van der Waals surface area contributed by atoms with Crippen molar-refractivity contribution in [1.29, 1.82) is 0 Å². The van der Waals surface area contributed by atoms with Gasteiger partial charge in [0, 0.05) is 43.0 Å². The molecule has 0 radical (unpaired) electrons. The lowest BCUT2D eigenvalue weighted by Crippen LogP contribution is -2.51. The molecule has 2 aromatic carbocycles. The van der Waals surface area contributed by atoms with Crippen molar-refractivity contribution in [3.63, 3.8) is 0 Å². The molecule has 0 N–H and O–H groups in total. The van der Waals surface area contributed by atoms with Crippen LogP contribution in [0.3, 0.4) is 0 Å². The SMILES string of the molecule is Cc1cc(OCC2(CC(=O)N3CCCCC3)CCCN(S(=O)(=O)c3cccc(F)c3)C2)ccc1Cl. The van der Waals surface area contributed by atoms with Crippen LogP contribution < -0.4 is 4.74 Å². The van der Waals surface area contributed by atoms with Gasteiger partial charge in [-0.3, -0.25) is 4.79 Å². The number of hydrogen-bond acceptors (Lipinski definition) is 4. The van der Waals surface area contributed by atoms with E-state index < -0.39 is 21.3 Å². The molecule has 0 bridgehead atoms. The number of aryl methyl sites for hydroxylation is 1. The third kappa shape index (κ3) is 6.16. The second kappa shape index (κ2) is 10.8. The lowest BCUT2D eigenvalue weighted by atomic mass is 9.78. The Morgan fingerprint density at radius 1 is 1.09 bits per heavy atom. The number of carbonyl (C=O) groups is 1. The van der Waals surface area contributed by atoms with Crippen molar-refractivity contribution in [3.8, 4) is 5.75 Å². The highest BCUT2D eigenvalue weighted by Crippen LogP contribution is 2.38. The summed E-state index contributed by atoms with van der Waals surface area (Å²) in [4.78, 5) is 15.1. The molecule has 2 aliphatic heterocycles. The fourth-order valence-electron chi connectivity index (χ4n) is 4.98. The largest absolute Gasteiger partial charge is 0.493 e. The van der Waals surface area contributed by atoms with Crippen LogP contribution in [0.15, 0.2) is 47.4 Å². The van der Waals surface area contributed by atoms with Gasteiger partial charge in [-0.2, -0.15) is 4.31 Å². The summed E-state index contributed by atoms with van der Waals surface area (Å²) < 4.78 is 48.1. The van der Waals surface area contributed by atoms with Crippen LogP contribution in [0.5, 0.6) is 5.75 Å². The summed E-state index contributed by atoms with van der Waals surface area (Å²) in [6, 6.07) is 10.4. The van der Waals surface area contributed by atoms with Gasteiger partial charge in [-0.05, 0) is 81.0 Å². The fraction of sp³-hybridized carbons (Fsp3) is 0.500. The highest BCUT2D eigenvalue weighted by atomic mass is 35.5. The summed E-state index contributed by atoms with van der Waals surface area (Å²) in [6.45, 7) is 4.01. The number of sulfonamides is 1. The van der Waals surface area contributed by atoms with E-state index >= 15 is 0 Å². The number of hydrogen-bond donors (Lipinski definition) is 0. The summed E-state index contributed by atoms with van der Waals surface area (Å²) >= 11 is 6.14. The number of likely N-dealkylation sites (tertiary alicyclic amines) is 1. The maximum atomic E-state index is 13.8. The molecule has 0 spiro atoms. The third-order valence-corrected chi connectivity index (χ3v) is 9.23. The predicted octanol–water partition coefficient (Wildman–Crippen LogP) is 5.04. The molecule has 0 aliphatic carbocycles. The molecule has 0 saturated carbocycles. The zero-order valence-corrected chi connectivity index (χ0v) is 21.6. The Labute approximate surface area is 212 Å². The fourth-order valence-corrected chi connectivity index (χ4v) is 6.72. The molecule has 1 unspecified atom stereocenters. The first-order valence-electron chi connectivity index (χ1n) is 12.1. The van der Waals surface area contributed by atoms with E-state index in [4.69, 9.17) is 16.3 Å². The van der Waals surface area contributed by atoms with Crippen LogP contribution in [0.25, 0.3) is 0 Å². The van der Waals surface area contributed by atoms with Crippen molar-refractivity contribution in [1.82, 2.24) is 9.21 Å². The Morgan fingerprint density at radius 2 is 1.86 bits per heavy atom. The number of halogens is 2. The Hall–Kier alpha value is -2.16. The van der Waals surface area contributed by atoms with Gasteiger partial charge in [0.05, 0.1) is 11.5 Å². The van der Waals surface area contributed by atoms with Crippen molar-refractivity contribution in [2.75, 3.05) is 32.8 Å². The minimum atomic E-state index is -3.92. The van der Waals surface area contributed by atoms with Crippen molar-refractivity contribution >= 4 is 27.5 Å². The molecule has 2 fully saturated rings. The van der Waals surface area contributed by atoms with Gasteiger partial charge in [0.1, 0.15) is 11.6 Å². The molecular formula is C26H32ClFN2O4S. The van der Waals surface area contributed by atoms with E-state index in [0.717, 1.165) is 44.0 Å². The smallest absolute Gasteiger partial charge is 0.243 e. The maximum absolute atomic E-state index is 13.8. The monoisotopic (exact) mass is 522 g/mol. The second-order valence-electron chi connectivity index (χ2n) is 9.72. The first-order chi connectivity index (χ1) is 16.7. The number of amides is 1. The van der Waals surface area contributed by atoms with Crippen LogP contribution in [0.4, 0.5) is 4.39 Å². The summed E-state index contributed by atoms with van der Waals surface area (Å²) in [5.74, 6) is 0.0588. The quantitative estimate of drug-likeness (QED) is 0.511. The van der Waals surface area contributed by atoms with Crippen molar-refractivity contribution in [2.24, 2.45) is 5.41 Å². The number of benzene rings is 2. The van der Waals surface area contributed by atoms with Gasteiger partial charge in [-0.15, -0.1) is 0 Å². The normalized spacial score (nSPS) is 21.6. The second-order valence-corrected chi connectivity index (χ2v) is 12.1. The molecule has 1 atom stereocenters. The van der Waals surface area contributed by atoms with Gasteiger partial charge in [-0.1, -0.05) is 17.7 Å². The standard InChI is InChI=1S/C26H32ClFN2O4S/c1-20-15-22(9-10-24(20)27)34-19-26(17-25(31)29-12-3-2-4-13-29)11-6-14-30(18-26)35(32,33)23-8-5-7-21(28)16-23/h5,7-10,15-16H,2-4,6,11-14,17-19H2,1H3. The average molecular weight is 523 g/mol. The Bertz CT molecular complexity index is 1170. The van der Waals surface area contributed by atoms with E-state index in [-0.39, 0.29) is 30.4 Å². The van der Waals surface area contributed by atoms with Crippen LogP contribution in [0.2, 0.25) is 5.02 Å². The first kappa shape index (κ1) is 25.9. The predicted molar refractivity (Wildman–Crippen MR) is 134 cm³/mol. The maximum Gasteiger partial charge on any atom is 0.243 e. The minimum absolute atomic E-state index is 0.0330. The average Bonchev–Trinajstić information content (AvgIpc) is 2.85. The van der Waals surface area contributed by atoms with Crippen LogP contribution in [-0.4, -0.2) is 56.3 Å². The molecule has 4 rings (SSSR count). The minimum Gasteiger partial charge on any atom is -0.493 e. The van der Waals surface area contributed by atoms with E-state index in [0.29, 0.717) is 30.2 Å². The number of piperidine rings is 2. The van der Waals surface area contributed by atoms with E-state index in [9.17, 15) is 17.6 Å². The van der Waals surface area contributed by atoms with Crippen LogP contribution >= 0.6 is 11.6 Å². The molecular weight excluding hydrogens is 491 g/mol. The molecule has 2 saturated heterocycles. The Balaban J connectivity index is 1.59. The van der Waals surface area contributed by atoms with Gasteiger partial charge >= 0.3 is 0 Å². The first-order valence-corrected chi connectivity index (χ1v) is 13.9. The molecule has 35 heavy (non-hydrogen) atoms. The molecule has 2 aromatic rings. The van der Waals surface area contributed by atoms with E-state index in [1.54, 1.807) is 12.1 Å². The molecule has 2 aliphatic rings. The molecule has 1 amide bonds. The zero-order valence-electron chi connectivity index (χ0n) is 20.0. The van der Waals surface area contributed by atoms with E-state index in [1.165, 1.54) is 22.5 Å². The molecule has 2 heterocycles. The summed E-state index contributed by atoms with van der Waals surface area (Å²) in [7, 11) is -3.92. The highest BCUT2D eigenvalue weighted by molar-refractivity contribution is 7.89. The number of nitrogens with zero attached hydrogens (tertiary/aromatic N) is 2. The molecule has 6 nitrogen and oxygen atoms in total. The number of rotatable bonds is 7. The topological polar surface area (TPSA) is 66.9 Å². The van der Waals surface area contributed by atoms with E-state index in [1.807, 2.05) is 17.9 Å². The molecule has 0 aromatic heterocycles. The van der Waals surface area contributed by atoms with Crippen molar-refractivity contribution < 1.29 is 22.3 Å². The summed E-state index contributed by atoms with van der Waals surface area (Å²) in [6.07, 6.45) is 4.54.